The van der Waals surface area contributed by atoms with Crippen molar-refractivity contribution < 1.29 is 23.4 Å². The van der Waals surface area contributed by atoms with E-state index in [1.807, 2.05) is 12.1 Å². The van der Waals surface area contributed by atoms with Gasteiger partial charge < -0.3 is 24.8 Å². The number of hydrogen-bond acceptors (Lipinski definition) is 6. The summed E-state index contributed by atoms with van der Waals surface area (Å²) in [5.41, 5.74) is 7.83. The van der Waals surface area contributed by atoms with Crippen LogP contribution in [0.1, 0.15) is 26.3 Å². The standard InChI is InChI=1S/C20H28N3O5P/c1-14(2)28-20(24)15(3)22-29(25,26-4)23-18-9-5-16(6-10-18)13-27-19-11-7-17(21)8-12-19/h5-12,14-15H,13,21H2,1-4H3,(H2,22,23,25)/t15-,29?/m0/s1. The fourth-order valence-corrected chi connectivity index (χ4v) is 3.71. The number of esters is 1. The number of benzene rings is 2. The molecule has 0 radical (unpaired) electrons. The van der Waals surface area contributed by atoms with Gasteiger partial charge in [-0.05, 0) is 62.7 Å². The topological polar surface area (TPSA) is 112 Å². The lowest BCUT2D eigenvalue weighted by molar-refractivity contribution is -0.149. The molecule has 0 aliphatic heterocycles. The minimum atomic E-state index is -3.50. The van der Waals surface area contributed by atoms with Crippen LogP contribution in [0.5, 0.6) is 5.75 Å². The Kier molecular flexibility index (Phi) is 8.08. The predicted octanol–water partition coefficient (Wildman–Crippen LogP) is 3.94. The third-order valence-corrected chi connectivity index (χ3v) is 5.64. The average Bonchev–Trinajstić information content (AvgIpc) is 2.68. The molecule has 9 heteroatoms. The zero-order valence-electron chi connectivity index (χ0n) is 17.0. The Morgan fingerprint density at radius 3 is 2.24 bits per heavy atom. The molecule has 0 aliphatic rings. The third-order valence-electron chi connectivity index (χ3n) is 3.84. The molecule has 2 aromatic carbocycles. The van der Waals surface area contributed by atoms with Crippen molar-refractivity contribution in [3.05, 3.63) is 54.1 Å². The number of hydrogen-bond donors (Lipinski definition) is 3. The molecule has 0 aromatic heterocycles. The highest BCUT2D eigenvalue weighted by Crippen LogP contribution is 2.42. The first kappa shape index (κ1) is 22.7. The molecule has 29 heavy (non-hydrogen) atoms. The van der Waals surface area contributed by atoms with Crippen molar-refractivity contribution in [1.82, 2.24) is 5.09 Å². The van der Waals surface area contributed by atoms with E-state index < -0.39 is 19.7 Å². The highest BCUT2D eigenvalue weighted by atomic mass is 31.2. The average molecular weight is 421 g/mol. The van der Waals surface area contributed by atoms with E-state index in [4.69, 9.17) is 19.7 Å². The smallest absolute Gasteiger partial charge is 0.366 e. The summed E-state index contributed by atoms with van der Waals surface area (Å²) in [5.74, 6) is 0.214. The number of carbonyl (C=O) groups excluding carboxylic acids is 1. The molecule has 0 spiro atoms. The monoisotopic (exact) mass is 421 g/mol. The van der Waals surface area contributed by atoms with Gasteiger partial charge in [-0.2, -0.15) is 0 Å². The molecule has 158 valence electrons. The summed E-state index contributed by atoms with van der Waals surface area (Å²) in [6, 6.07) is 13.5. The molecule has 0 heterocycles. The summed E-state index contributed by atoms with van der Waals surface area (Å²) in [4.78, 5) is 11.9. The van der Waals surface area contributed by atoms with Gasteiger partial charge in [0, 0.05) is 18.5 Å². The second-order valence-electron chi connectivity index (χ2n) is 6.74. The van der Waals surface area contributed by atoms with E-state index in [0.717, 1.165) is 11.3 Å². The first-order valence-electron chi connectivity index (χ1n) is 9.20. The quantitative estimate of drug-likeness (QED) is 0.300. The second kappa shape index (κ2) is 10.3. The summed E-state index contributed by atoms with van der Waals surface area (Å²) >= 11 is 0. The summed E-state index contributed by atoms with van der Waals surface area (Å²) in [5, 5.41) is 5.49. The number of nitrogens with two attached hydrogens (primary N) is 1. The summed E-state index contributed by atoms with van der Waals surface area (Å²) in [6.45, 7) is 5.44. The van der Waals surface area contributed by atoms with Crippen molar-refractivity contribution in [3.63, 3.8) is 0 Å². The van der Waals surface area contributed by atoms with E-state index in [1.54, 1.807) is 57.2 Å². The first-order valence-corrected chi connectivity index (χ1v) is 10.8. The van der Waals surface area contributed by atoms with E-state index in [1.165, 1.54) is 7.11 Å². The molecule has 0 aliphatic carbocycles. The lowest BCUT2D eigenvalue weighted by atomic mass is 10.2. The maximum Gasteiger partial charge on any atom is 0.366 e. The molecular weight excluding hydrogens is 393 g/mol. The number of anilines is 2. The van der Waals surface area contributed by atoms with E-state index in [9.17, 15) is 9.36 Å². The number of rotatable bonds is 10. The maximum absolute atomic E-state index is 12.9. The minimum absolute atomic E-state index is 0.260. The lowest BCUT2D eigenvalue weighted by Gasteiger charge is -2.23. The fraction of sp³-hybridized carbons (Fsp3) is 0.350. The van der Waals surface area contributed by atoms with E-state index in [-0.39, 0.29) is 6.10 Å². The highest BCUT2D eigenvalue weighted by Gasteiger charge is 2.28. The number of nitrogen functional groups attached to an aromatic ring is 1. The number of carbonyl (C=O) groups is 1. The van der Waals surface area contributed by atoms with Crippen LogP contribution in [0.3, 0.4) is 0 Å². The van der Waals surface area contributed by atoms with Crippen molar-refractivity contribution >= 4 is 25.0 Å². The van der Waals surface area contributed by atoms with Gasteiger partial charge in [-0.15, -0.1) is 0 Å². The van der Waals surface area contributed by atoms with Gasteiger partial charge in [-0.3, -0.25) is 4.79 Å². The molecular formula is C20H28N3O5P. The molecule has 0 amide bonds. The predicted molar refractivity (Wildman–Crippen MR) is 114 cm³/mol. The molecule has 2 atom stereocenters. The SMILES string of the molecule is COP(=O)(Nc1ccc(COc2ccc(N)cc2)cc1)N[C@@H](C)C(=O)OC(C)C. The van der Waals surface area contributed by atoms with Gasteiger partial charge in [-0.1, -0.05) is 12.1 Å². The molecule has 2 aromatic rings. The molecule has 4 N–H and O–H groups in total. The minimum Gasteiger partial charge on any atom is -0.489 e. The molecule has 0 bridgehead atoms. The van der Waals surface area contributed by atoms with Crippen LogP contribution in [0, 0.1) is 0 Å². The van der Waals surface area contributed by atoms with Gasteiger partial charge in [0.05, 0.1) is 6.10 Å². The van der Waals surface area contributed by atoms with Crippen molar-refractivity contribution in [3.8, 4) is 5.75 Å². The van der Waals surface area contributed by atoms with Crippen LogP contribution in [0.25, 0.3) is 0 Å². The lowest BCUT2D eigenvalue weighted by Crippen LogP contribution is -2.36. The summed E-state index contributed by atoms with van der Waals surface area (Å²) in [7, 11) is -2.20. The molecule has 2 rings (SSSR count). The Morgan fingerprint density at radius 1 is 1.07 bits per heavy atom. The Morgan fingerprint density at radius 2 is 1.69 bits per heavy atom. The van der Waals surface area contributed by atoms with Crippen LogP contribution < -0.4 is 20.6 Å². The van der Waals surface area contributed by atoms with Crippen LogP contribution in [0.2, 0.25) is 0 Å². The molecule has 0 fully saturated rings. The molecule has 0 saturated heterocycles. The van der Waals surface area contributed by atoms with Crippen LogP contribution in [0.4, 0.5) is 11.4 Å². The number of ether oxygens (including phenoxy) is 2. The summed E-state index contributed by atoms with van der Waals surface area (Å²) in [6.07, 6.45) is -0.260. The number of nitrogens with one attached hydrogen (secondary N) is 2. The second-order valence-corrected chi connectivity index (χ2v) is 8.69. The van der Waals surface area contributed by atoms with Crippen LogP contribution in [-0.4, -0.2) is 25.2 Å². The zero-order chi connectivity index (χ0) is 21.4. The Labute approximate surface area is 171 Å². The largest absolute Gasteiger partial charge is 0.489 e. The third kappa shape index (κ3) is 7.42. The van der Waals surface area contributed by atoms with Crippen LogP contribution in [0.15, 0.2) is 48.5 Å². The molecule has 0 saturated carbocycles. The maximum atomic E-state index is 12.9. The fourth-order valence-electron chi connectivity index (χ4n) is 2.35. The van der Waals surface area contributed by atoms with Crippen LogP contribution >= 0.6 is 7.67 Å². The highest BCUT2D eigenvalue weighted by molar-refractivity contribution is 7.58. The molecule has 1 unspecified atom stereocenters. The summed E-state index contributed by atoms with van der Waals surface area (Å²) < 4.78 is 28.8. The molecule has 8 nitrogen and oxygen atoms in total. The normalized spacial score (nSPS) is 14.1. The van der Waals surface area contributed by atoms with E-state index in [0.29, 0.717) is 18.0 Å². The Bertz CT molecular complexity index is 840. The van der Waals surface area contributed by atoms with Gasteiger partial charge in [0.2, 0.25) is 0 Å². The van der Waals surface area contributed by atoms with Gasteiger partial charge in [0.15, 0.2) is 0 Å². The van der Waals surface area contributed by atoms with Gasteiger partial charge in [0.25, 0.3) is 0 Å². The first-order chi connectivity index (χ1) is 13.7. The van der Waals surface area contributed by atoms with Crippen molar-refractivity contribution in [2.24, 2.45) is 0 Å². The van der Waals surface area contributed by atoms with Gasteiger partial charge >= 0.3 is 13.6 Å². The van der Waals surface area contributed by atoms with Crippen molar-refractivity contribution in [2.75, 3.05) is 17.9 Å². The Hall–Kier alpha value is -2.54. The Balaban J connectivity index is 1.94. The van der Waals surface area contributed by atoms with Gasteiger partial charge in [-0.25, -0.2) is 9.65 Å². The van der Waals surface area contributed by atoms with Crippen molar-refractivity contribution in [2.45, 2.75) is 39.5 Å². The van der Waals surface area contributed by atoms with Crippen molar-refractivity contribution in [1.29, 1.82) is 0 Å². The van der Waals surface area contributed by atoms with Crippen LogP contribution in [-0.2, 0) is 25.2 Å². The van der Waals surface area contributed by atoms with E-state index in [2.05, 4.69) is 10.2 Å². The zero-order valence-corrected chi connectivity index (χ0v) is 17.9. The van der Waals surface area contributed by atoms with E-state index >= 15 is 0 Å². The van der Waals surface area contributed by atoms with Gasteiger partial charge in [0.1, 0.15) is 18.4 Å².